The zero-order valence-corrected chi connectivity index (χ0v) is 14.1. The zero-order valence-electron chi connectivity index (χ0n) is 14.1. The van der Waals surface area contributed by atoms with Crippen LogP contribution in [-0.2, 0) is 6.42 Å². The molecular formula is C20H22FN3O. The van der Waals surface area contributed by atoms with E-state index in [4.69, 9.17) is 0 Å². The van der Waals surface area contributed by atoms with Gasteiger partial charge in [-0.25, -0.2) is 9.18 Å². The Balaban J connectivity index is 1.44. The molecule has 0 atom stereocenters. The molecule has 1 fully saturated rings. The topological polar surface area (TPSA) is 35.6 Å². The van der Waals surface area contributed by atoms with E-state index in [1.165, 1.54) is 11.8 Å². The Morgan fingerprint density at radius 2 is 1.72 bits per heavy atom. The Kier molecular flexibility index (Phi) is 4.30. The van der Waals surface area contributed by atoms with Crippen LogP contribution in [0.1, 0.15) is 18.4 Å². The van der Waals surface area contributed by atoms with E-state index >= 15 is 0 Å². The number of nitrogens with zero attached hydrogens (tertiary/aromatic N) is 2. The number of nitrogens with one attached hydrogen (secondary N) is 1. The van der Waals surface area contributed by atoms with Crippen LogP contribution < -0.4 is 10.2 Å². The van der Waals surface area contributed by atoms with E-state index in [9.17, 15) is 9.18 Å². The van der Waals surface area contributed by atoms with Crippen molar-refractivity contribution in [3.8, 4) is 0 Å². The fraction of sp³-hybridized carbons (Fsp3) is 0.350. The molecule has 0 radical (unpaired) electrons. The van der Waals surface area contributed by atoms with Crippen LogP contribution in [0.2, 0.25) is 0 Å². The maximum Gasteiger partial charge on any atom is 0.322 e. The molecule has 0 spiro atoms. The van der Waals surface area contributed by atoms with Gasteiger partial charge in [0.05, 0.1) is 0 Å². The van der Waals surface area contributed by atoms with Crippen LogP contribution in [0.15, 0.2) is 48.5 Å². The maximum atomic E-state index is 14.0. The van der Waals surface area contributed by atoms with Gasteiger partial charge >= 0.3 is 6.03 Å². The second-order valence-corrected chi connectivity index (χ2v) is 6.69. The molecule has 2 aromatic rings. The van der Waals surface area contributed by atoms with Gasteiger partial charge in [0.1, 0.15) is 5.82 Å². The van der Waals surface area contributed by atoms with Crippen LogP contribution in [0.5, 0.6) is 0 Å². The highest BCUT2D eigenvalue weighted by Crippen LogP contribution is 2.27. The minimum absolute atomic E-state index is 0.109. The van der Waals surface area contributed by atoms with Crippen LogP contribution in [-0.4, -0.2) is 36.6 Å². The summed E-state index contributed by atoms with van der Waals surface area (Å²) < 4.78 is 14.0. The molecule has 2 aliphatic heterocycles. The summed E-state index contributed by atoms with van der Waals surface area (Å²) in [6, 6.07) is 15.3. The number of carbonyl (C=O) groups excluding carboxylic acids is 1. The monoisotopic (exact) mass is 339 g/mol. The van der Waals surface area contributed by atoms with Crippen molar-refractivity contribution in [2.75, 3.05) is 29.9 Å². The van der Waals surface area contributed by atoms with E-state index in [0.29, 0.717) is 24.2 Å². The number of carbonyl (C=O) groups is 1. The second kappa shape index (κ2) is 6.75. The first-order valence-corrected chi connectivity index (χ1v) is 8.87. The van der Waals surface area contributed by atoms with Gasteiger partial charge in [-0.1, -0.05) is 24.3 Å². The minimum atomic E-state index is -0.237. The number of para-hydroxylation sites is 1. The molecule has 2 amide bonds. The first kappa shape index (κ1) is 15.9. The second-order valence-electron chi connectivity index (χ2n) is 6.69. The molecule has 5 heteroatoms. The summed E-state index contributed by atoms with van der Waals surface area (Å²) in [6.45, 7) is 2.43. The number of piperidine rings is 1. The molecule has 0 aliphatic carbocycles. The molecule has 0 saturated carbocycles. The molecular weight excluding hydrogens is 317 g/mol. The Bertz CT molecular complexity index is 757. The molecule has 0 bridgehead atoms. The number of rotatable bonds is 2. The van der Waals surface area contributed by atoms with E-state index in [1.807, 2.05) is 11.0 Å². The lowest BCUT2D eigenvalue weighted by atomic mass is 10.0. The number of hydrogen-bond donors (Lipinski definition) is 1. The molecule has 2 aliphatic rings. The summed E-state index contributed by atoms with van der Waals surface area (Å²) in [4.78, 5) is 16.9. The third-order valence-corrected chi connectivity index (χ3v) is 5.25. The molecule has 0 aromatic heterocycles. The number of benzene rings is 2. The van der Waals surface area contributed by atoms with Gasteiger partial charge in [0.25, 0.3) is 0 Å². The van der Waals surface area contributed by atoms with Crippen LogP contribution in [0, 0.1) is 5.82 Å². The summed E-state index contributed by atoms with van der Waals surface area (Å²) in [5.41, 5.74) is 2.45. The van der Waals surface area contributed by atoms with Crippen molar-refractivity contribution >= 4 is 17.4 Å². The molecule has 4 nitrogen and oxygen atoms in total. The number of amides is 2. The van der Waals surface area contributed by atoms with Crippen molar-refractivity contribution < 1.29 is 9.18 Å². The molecule has 25 heavy (non-hydrogen) atoms. The van der Waals surface area contributed by atoms with Gasteiger partial charge in [-0.05, 0) is 43.5 Å². The van der Waals surface area contributed by atoms with Crippen molar-refractivity contribution in [3.63, 3.8) is 0 Å². The summed E-state index contributed by atoms with van der Waals surface area (Å²) in [5.74, 6) is -0.237. The highest BCUT2D eigenvalue weighted by Gasteiger charge is 2.30. The third kappa shape index (κ3) is 3.18. The third-order valence-electron chi connectivity index (χ3n) is 5.25. The SMILES string of the molecule is O=C1Nc2cccc(F)c2CCN1C1CCN(c2ccccc2)CC1. The van der Waals surface area contributed by atoms with Gasteiger partial charge in [0.2, 0.25) is 0 Å². The standard InChI is InChI=1S/C20H22FN3O/c21-18-7-4-8-19-17(18)11-14-24(20(25)22-19)16-9-12-23(13-10-16)15-5-2-1-3-6-15/h1-8,16H,9-14H2,(H,22,25). The maximum absolute atomic E-state index is 14.0. The molecule has 1 N–H and O–H groups in total. The molecule has 130 valence electrons. The smallest absolute Gasteiger partial charge is 0.322 e. The van der Waals surface area contributed by atoms with Crippen molar-refractivity contribution in [2.45, 2.75) is 25.3 Å². The quantitative estimate of drug-likeness (QED) is 0.901. The summed E-state index contributed by atoms with van der Waals surface area (Å²) in [6.07, 6.45) is 2.42. The number of urea groups is 1. The van der Waals surface area contributed by atoms with Gasteiger partial charge in [0, 0.05) is 42.6 Å². The molecule has 1 saturated heterocycles. The summed E-state index contributed by atoms with van der Waals surface area (Å²) >= 11 is 0. The fourth-order valence-corrected chi connectivity index (χ4v) is 3.87. The first-order valence-electron chi connectivity index (χ1n) is 8.87. The number of fused-ring (bicyclic) bond motifs is 1. The van der Waals surface area contributed by atoms with E-state index in [0.717, 1.165) is 25.9 Å². The first-order chi connectivity index (χ1) is 12.2. The minimum Gasteiger partial charge on any atom is -0.371 e. The van der Waals surface area contributed by atoms with Gasteiger partial charge in [-0.3, -0.25) is 0 Å². The Hall–Kier alpha value is -2.56. The van der Waals surface area contributed by atoms with Crippen molar-refractivity contribution in [2.24, 2.45) is 0 Å². The van der Waals surface area contributed by atoms with Crippen molar-refractivity contribution in [1.29, 1.82) is 0 Å². The number of halogens is 1. The lowest BCUT2D eigenvalue weighted by Crippen LogP contribution is -2.48. The van der Waals surface area contributed by atoms with E-state index < -0.39 is 0 Å². The van der Waals surface area contributed by atoms with Crippen LogP contribution in [0.4, 0.5) is 20.6 Å². The Labute approximate surface area is 147 Å². The molecule has 2 aromatic carbocycles. The normalized spacial score (nSPS) is 18.5. The van der Waals surface area contributed by atoms with Crippen LogP contribution in [0.3, 0.4) is 0 Å². The zero-order chi connectivity index (χ0) is 17.2. The molecule has 4 rings (SSSR count). The van der Waals surface area contributed by atoms with Crippen LogP contribution >= 0.6 is 0 Å². The predicted molar refractivity (Wildman–Crippen MR) is 97.5 cm³/mol. The highest BCUT2D eigenvalue weighted by atomic mass is 19.1. The van der Waals surface area contributed by atoms with Gasteiger partial charge in [-0.2, -0.15) is 0 Å². The molecule has 0 unspecified atom stereocenters. The average molecular weight is 339 g/mol. The number of anilines is 2. The predicted octanol–water partition coefficient (Wildman–Crippen LogP) is 3.88. The van der Waals surface area contributed by atoms with E-state index in [1.54, 1.807) is 12.1 Å². The lowest BCUT2D eigenvalue weighted by molar-refractivity contribution is 0.177. The van der Waals surface area contributed by atoms with E-state index in [-0.39, 0.29) is 17.9 Å². The van der Waals surface area contributed by atoms with Gasteiger partial charge in [-0.15, -0.1) is 0 Å². The summed E-state index contributed by atoms with van der Waals surface area (Å²) in [7, 11) is 0. The largest absolute Gasteiger partial charge is 0.371 e. The average Bonchev–Trinajstić information content (AvgIpc) is 2.82. The fourth-order valence-electron chi connectivity index (χ4n) is 3.87. The highest BCUT2D eigenvalue weighted by molar-refractivity contribution is 5.91. The van der Waals surface area contributed by atoms with Gasteiger partial charge in [0.15, 0.2) is 0 Å². The van der Waals surface area contributed by atoms with Crippen molar-refractivity contribution in [3.05, 3.63) is 59.9 Å². The van der Waals surface area contributed by atoms with Gasteiger partial charge < -0.3 is 15.1 Å². The Morgan fingerprint density at radius 3 is 2.48 bits per heavy atom. The van der Waals surface area contributed by atoms with E-state index in [2.05, 4.69) is 34.5 Å². The summed E-state index contributed by atoms with van der Waals surface area (Å²) in [5, 5.41) is 2.89. The van der Waals surface area contributed by atoms with Crippen LogP contribution in [0.25, 0.3) is 0 Å². The van der Waals surface area contributed by atoms with Crippen molar-refractivity contribution in [1.82, 2.24) is 4.90 Å². The lowest BCUT2D eigenvalue weighted by Gasteiger charge is -2.38. The number of hydrogen-bond acceptors (Lipinski definition) is 2. The Morgan fingerprint density at radius 1 is 0.960 bits per heavy atom. The molecule has 2 heterocycles.